The van der Waals surface area contributed by atoms with Crippen molar-refractivity contribution < 1.29 is 19.4 Å². The molecule has 0 fully saturated rings. The van der Waals surface area contributed by atoms with Crippen LogP contribution < -0.4 is 5.32 Å². The van der Waals surface area contributed by atoms with Gasteiger partial charge in [0, 0.05) is 12.8 Å². The minimum absolute atomic E-state index is 0.224. The van der Waals surface area contributed by atoms with Crippen molar-refractivity contribution >= 4 is 11.9 Å². The molecule has 1 amide bonds. The first-order valence-corrected chi connectivity index (χ1v) is 16.1. The number of aromatic hydroxyl groups is 1. The van der Waals surface area contributed by atoms with Gasteiger partial charge < -0.3 is 15.2 Å². The van der Waals surface area contributed by atoms with Gasteiger partial charge in [-0.1, -0.05) is 128 Å². The Morgan fingerprint density at radius 2 is 1.24 bits per heavy atom. The number of aryl methyl sites for hydroxylation is 1. The molecule has 1 rings (SSSR count). The molecule has 1 atom stereocenters. The summed E-state index contributed by atoms with van der Waals surface area (Å²) in [5, 5.41) is 13.2. The summed E-state index contributed by atoms with van der Waals surface area (Å²) in [5.41, 5.74) is 2.52. The standard InChI is InChI=1S/C36H57NO4/c1-5-9-10-11-12-13-14-15-16-17-18-19-20-21-22-25-35(39)41-34(8-4)37-33(38)27-26-30-28-31(23-6-2)36(40)32(29-30)24-7-3/h6-8,28-29,34,40H,2-5,9-27H2,1H3,(H,37,38). The number of unbranched alkanes of at least 4 members (excludes halogenated alkanes) is 14. The van der Waals surface area contributed by atoms with Crippen LogP contribution in [0.2, 0.25) is 0 Å². The molecule has 0 heterocycles. The molecule has 0 saturated carbocycles. The number of esters is 1. The molecule has 1 aromatic rings. The normalized spacial score (nSPS) is 11.5. The van der Waals surface area contributed by atoms with E-state index in [4.69, 9.17) is 4.74 Å². The number of benzene rings is 1. The zero-order valence-electron chi connectivity index (χ0n) is 25.9. The van der Waals surface area contributed by atoms with Crippen LogP contribution in [0.4, 0.5) is 0 Å². The van der Waals surface area contributed by atoms with E-state index >= 15 is 0 Å². The van der Waals surface area contributed by atoms with Gasteiger partial charge in [-0.25, -0.2) is 0 Å². The van der Waals surface area contributed by atoms with E-state index in [1.165, 1.54) is 83.1 Å². The lowest BCUT2D eigenvalue weighted by Gasteiger charge is -2.16. The zero-order chi connectivity index (χ0) is 30.1. The van der Waals surface area contributed by atoms with E-state index in [0.717, 1.165) is 36.0 Å². The fraction of sp³-hybridized carbons (Fsp3) is 0.611. The van der Waals surface area contributed by atoms with E-state index in [1.807, 2.05) is 12.1 Å². The molecule has 2 N–H and O–H groups in total. The molecular weight excluding hydrogens is 510 g/mol. The van der Waals surface area contributed by atoms with Crippen molar-refractivity contribution in [3.8, 4) is 5.75 Å². The Balaban J connectivity index is 2.19. The summed E-state index contributed by atoms with van der Waals surface area (Å²) in [5.74, 6) is -0.282. The number of amides is 1. The van der Waals surface area contributed by atoms with Gasteiger partial charge in [0.1, 0.15) is 5.75 Å². The Labute approximate surface area is 250 Å². The molecule has 41 heavy (non-hydrogen) atoms. The summed E-state index contributed by atoms with van der Waals surface area (Å²) >= 11 is 0. The average molecular weight is 568 g/mol. The van der Waals surface area contributed by atoms with Crippen LogP contribution in [0.1, 0.15) is 133 Å². The number of allylic oxidation sites excluding steroid dienone is 2. The number of nitrogens with one attached hydrogen (secondary N) is 1. The van der Waals surface area contributed by atoms with E-state index in [0.29, 0.717) is 25.7 Å². The first-order chi connectivity index (χ1) is 19.9. The molecule has 1 aromatic carbocycles. The summed E-state index contributed by atoms with van der Waals surface area (Å²) in [6.07, 6.45) is 25.4. The highest BCUT2D eigenvalue weighted by atomic mass is 16.6. The van der Waals surface area contributed by atoms with E-state index < -0.39 is 6.23 Å². The molecule has 0 spiro atoms. The molecule has 230 valence electrons. The Morgan fingerprint density at radius 3 is 1.68 bits per heavy atom. The van der Waals surface area contributed by atoms with Gasteiger partial charge >= 0.3 is 5.97 Å². The van der Waals surface area contributed by atoms with Crippen molar-refractivity contribution in [3.63, 3.8) is 0 Å². The number of phenols is 1. The number of rotatable bonds is 26. The van der Waals surface area contributed by atoms with Crippen LogP contribution in [-0.4, -0.2) is 23.2 Å². The Morgan fingerprint density at radius 1 is 0.780 bits per heavy atom. The minimum atomic E-state index is -0.834. The lowest BCUT2D eigenvalue weighted by atomic mass is 9.97. The summed E-state index contributed by atoms with van der Waals surface area (Å²) in [7, 11) is 0. The van der Waals surface area contributed by atoms with Crippen LogP contribution in [0.5, 0.6) is 5.75 Å². The van der Waals surface area contributed by atoms with Crippen molar-refractivity contribution in [3.05, 3.63) is 66.8 Å². The molecule has 5 nitrogen and oxygen atoms in total. The molecule has 0 bridgehead atoms. The lowest BCUT2D eigenvalue weighted by molar-refractivity contribution is -0.149. The number of hydrogen-bond acceptors (Lipinski definition) is 4. The number of carbonyl (C=O) groups excluding carboxylic acids is 2. The highest BCUT2D eigenvalue weighted by molar-refractivity contribution is 5.77. The lowest BCUT2D eigenvalue weighted by Crippen LogP contribution is -2.37. The maximum Gasteiger partial charge on any atom is 0.307 e. The molecule has 5 heteroatoms. The van der Waals surface area contributed by atoms with Gasteiger partial charge in [-0.15, -0.1) is 13.2 Å². The molecular formula is C36H57NO4. The highest BCUT2D eigenvalue weighted by Crippen LogP contribution is 2.27. The quantitative estimate of drug-likeness (QED) is 0.0506. The summed E-state index contributed by atoms with van der Waals surface area (Å²) in [4.78, 5) is 24.8. The van der Waals surface area contributed by atoms with Crippen LogP contribution in [-0.2, 0) is 33.6 Å². The predicted molar refractivity (Wildman–Crippen MR) is 172 cm³/mol. The van der Waals surface area contributed by atoms with E-state index in [2.05, 4.69) is 32.0 Å². The van der Waals surface area contributed by atoms with Gasteiger partial charge in [0.25, 0.3) is 0 Å². The van der Waals surface area contributed by atoms with Gasteiger partial charge in [0.15, 0.2) is 6.23 Å². The van der Waals surface area contributed by atoms with Crippen LogP contribution in [0.25, 0.3) is 0 Å². The second kappa shape index (κ2) is 23.8. The molecule has 0 aliphatic heterocycles. The number of ether oxygens (including phenoxy) is 1. The van der Waals surface area contributed by atoms with Gasteiger partial charge in [-0.2, -0.15) is 0 Å². The molecule has 0 radical (unpaired) electrons. The first-order valence-electron chi connectivity index (χ1n) is 16.1. The third kappa shape index (κ3) is 17.6. The Hall–Kier alpha value is -2.82. The van der Waals surface area contributed by atoms with Crippen molar-refractivity contribution in [2.24, 2.45) is 0 Å². The molecule has 1 unspecified atom stereocenters. The van der Waals surface area contributed by atoms with Gasteiger partial charge in [0.2, 0.25) is 5.91 Å². The van der Waals surface area contributed by atoms with Crippen LogP contribution in [0, 0.1) is 0 Å². The van der Waals surface area contributed by atoms with Gasteiger partial charge in [-0.3, -0.25) is 9.59 Å². The van der Waals surface area contributed by atoms with Crippen LogP contribution in [0.15, 0.2) is 50.1 Å². The second-order valence-corrected chi connectivity index (χ2v) is 11.2. The molecule has 0 saturated heterocycles. The smallest absolute Gasteiger partial charge is 0.307 e. The molecule has 0 aliphatic carbocycles. The maximum atomic E-state index is 12.5. The second-order valence-electron chi connectivity index (χ2n) is 11.2. The van der Waals surface area contributed by atoms with Gasteiger partial charge in [-0.05, 0) is 48.4 Å². The molecule has 0 aliphatic rings. The van der Waals surface area contributed by atoms with E-state index in [1.54, 1.807) is 12.2 Å². The summed E-state index contributed by atoms with van der Waals surface area (Å²) in [6, 6.07) is 3.80. The number of hydrogen-bond donors (Lipinski definition) is 2. The van der Waals surface area contributed by atoms with Gasteiger partial charge in [0.05, 0.1) is 0 Å². The van der Waals surface area contributed by atoms with E-state index in [-0.39, 0.29) is 24.0 Å². The first kappa shape index (κ1) is 36.2. The fourth-order valence-corrected chi connectivity index (χ4v) is 5.07. The third-order valence-electron chi connectivity index (χ3n) is 7.46. The van der Waals surface area contributed by atoms with E-state index in [9.17, 15) is 14.7 Å². The number of carbonyl (C=O) groups is 2. The fourth-order valence-electron chi connectivity index (χ4n) is 5.07. The monoisotopic (exact) mass is 567 g/mol. The van der Waals surface area contributed by atoms with Crippen LogP contribution in [0.3, 0.4) is 0 Å². The maximum absolute atomic E-state index is 12.5. The molecule has 0 aromatic heterocycles. The number of phenolic OH excluding ortho intramolecular Hbond substituents is 1. The highest BCUT2D eigenvalue weighted by Gasteiger charge is 2.15. The largest absolute Gasteiger partial charge is 0.507 e. The SMILES string of the molecule is C=CCc1cc(CCC(=O)NC(C=C)OC(=O)CCCCCCCCCCCCCCCCC)cc(CC=C)c1O. The topological polar surface area (TPSA) is 75.6 Å². The average Bonchev–Trinajstić information content (AvgIpc) is 2.96. The predicted octanol–water partition coefficient (Wildman–Crippen LogP) is 9.21. The minimum Gasteiger partial charge on any atom is -0.507 e. The zero-order valence-corrected chi connectivity index (χ0v) is 25.9. The summed E-state index contributed by atoms with van der Waals surface area (Å²) < 4.78 is 5.42. The van der Waals surface area contributed by atoms with Crippen molar-refractivity contribution in [2.45, 2.75) is 142 Å². The van der Waals surface area contributed by atoms with Crippen LogP contribution >= 0.6 is 0 Å². The van der Waals surface area contributed by atoms with Crippen molar-refractivity contribution in [1.29, 1.82) is 0 Å². The Bertz CT molecular complexity index is 876. The van der Waals surface area contributed by atoms with Crippen molar-refractivity contribution in [1.82, 2.24) is 5.32 Å². The summed E-state index contributed by atoms with van der Waals surface area (Å²) in [6.45, 7) is 13.5. The third-order valence-corrected chi connectivity index (χ3v) is 7.46. The van der Waals surface area contributed by atoms with Crippen molar-refractivity contribution in [2.75, 3.05) is 0 Å². The Kier molecular flexibility index (Phi) is 21.1.